The number of benzene rings is 2. The lowest BCUT2D eigenvalue weighted by Crippen LogP contribution is -2.21. The molecule has 2 rings (SSSR count). The summed E-state index contributed by atoms with van der Waals surface area (Å²) in [7, 11) is 0. The largest absolute Gasteiger partial charge is 0.411 e. The molecule has 2 aromatic rings. The fraction of sp³-hybridized carbons (Fsp3) is 0.235. The second kappa shape index (κ2) is 6.87. The molecule has 0 saturated heterocycles. The van der Waals surface area contributed by atoms with Crippen LogP contribution in [0.4, 0.5) is 0 Å². The third-order valence-corrected chi connectivity index (χ3v) is 2.94. The van der Waals surface area contributed by atoms with Gasteiger partial charge in [-0.05, 0) is 19.4 Å². The molecule has 104 valence electrons. The van der Waals surface area contributed by atoms with Crippen molar-refractivity contribution >= 4 is 5.71 Å². The highest BCUT2D eigenvalue weighted by Gasteiger charge is 2.22. The van der Waals surface area contributed by atoms with Gasteiger partial charge in [-0.1, -0.05) is 65.8 Å². The number of nitrogens with zero attached hydrogens (tertiary/aromatic N) is 1. The first-order chi connectivity index (χ1) is 9.72. The molecular weight excluding hydrogens is 250 g/mol. The summed E-state index contributed by atoms with van der Waals surface area (Å²) in [5, 5.41) is 12.9. The molecule has 2 aromatic carbocycles. The zero-order chi connectivity index (χ0) is 14.4. The van der Waals surface area contributed by atoms with Crippen LogP contribution in [0.5, 0.6) is 0 Å². The Kier molecular flexibility index (Phi) is 4.91. The van der Waals surface area contributed by atoms with Crippen molar-refractivity contribution in [3.63, 3.8) is 0 Å². The maximum atomic E-state index is 9.43. The fourth-order valence-corrected chi connectivity index (χ4v) is 2.07. The molecular formula is C17H19NO2. The molecule has 0 aliphatic carbocycles. The SMILES string of the molecule is CC(C)OC(/C(=N/O)c1ccccc1)c1ccccc1. The predicted molar refractivity (Wildman–Crippen MR) is 80.2 cm³/mol. The van der Waals surface area contributed by atoms with E-state index in [-0.39, 0.29) is 12.2 Å². The lowest BCUT2D eigenvalue weighted by Gasteiger charge is -2.22. The van der Waals surface area contributed by atoms with E-state index in [9.17, 15) is 5.21 Å². The minimum absolute atomic E-state index is 0.0284. The van der Waals surface area contributed by atoms with Crippen LogP contribution in [0.25, 0.3) is 0 Å². The zero-order valence-electron chi connectivity index (χ0n) is 11.7. The second-order valence-electron chi connectivity index (χ2n) is 4.83. The Morgan fingerprint density at radius 2 is 1.50 bits per heavy atom. The van der Waals surface area contributed by atoms with Gasteiger partial charge >= 0.3 is 0 Å². The molecule has 3 nitrogen and oxygen atoms in total. The summed E-state index contributed by atoms with van der Waals surface area (Å²) in [5.74, 6) is 0. The van der Waals surface area contributed by atoms with Crippen molar-refractivity contribution in [2.75, 3.05) is 0 Å². The molecule has 1 unspecified atom stereocenters. The van der Waals surface area contributed by atoms with Crippen LogP contribution in [0.3, 0.4) is 0 Å². The van der Waals surface area contributed by atoms with Crippen molar-refractivity contribution < 1.29 is 9.94 Å². The molecule has 20 heavy (non-hydrogen) atoms. The molecule has 0 radical (unpaired) electrons. The van der Waals surface area contributed by atoms with Gasteiger partial charge in [0, 0.05) is 5.56 Å². The van der Waals surface area contributed by atoms with Crippen LogP contribution >= 0.6 is 0 Å². The minimum atomic E-state index is -0.386. The number of hydrogen-bond donors (Lipinski definition) is 1. The lowest BCUT2D eigenvalue weighted by atomic mass is 9.99. The molecule has 3 heteroatoms. The summed E-state index contributed by atoms with van der Waals surface area (Å²) in [6.07, 6.45) is -0.357. The van der Waals surface area contributed by atoms with Gasteiger partial charge < -0.3 is 9.94 Å². The van der Waals surface area contributed by atoms with Crippen LogP contribution in [0.2, 0.25) is 0 Å². The van der Waals surface area contributed by atoms with E-state index in [1.165, 1.54) is 0 Å². The van der Waals surface area contributed by atoms with Crippen molar-refractivity contribution in [2.24, 2.45) is 5.16 Å². The van der Waals surface area contributed by atoms with Crippen LogP contribution in [-0.2, 0) is 4.74 Å². The predicted octanol–water partition coefficient (Wildman–Crippen LogP) is 4.03. The second-order valence-corrected chi connectivity index (χ2v) is 4.83. The van der Waals surface area contributed by atoms with Gasteiger partial charge in [0.2, 0.25) is 0 Å². The third kappa shape index (κ3) is 3.45. The number of hydrogen-bond acceptors (Lipinski definition) is 3. The first-order valence-corrected chi connectivity index (χ1v) is 6.70. The van der Waals surface area contributed by atoms with Crippen LogP contribution in [0.1, 0.15) is 31.1 Å². The van der Waals surface area contributed by atoms with E-state index in [2.05, 4.69) is 5.16 Å². The van der Waals surface area contributed by atoms with Gasteiger partial charge in [0.1, 0.15) is 11.8 Å². The molecule has 0 aromatic heterocycles. The van der Waals surface area contributed by atoms with Crippen molar-refractivity contribution in [3.05, 3.63) is 71.8 Å². The fourth-order valence-electron chi connectivity index (χ4n) is 2.07. The van der Waals surface area contributed by atoms with Gasteiger partial charge in [0.15, 0.2) is 0 Å². The molecule has 1 atom stereocenters. The first kappa shape index (κ1) is 14.3. The van der Waals surface area contributed by atoms with E-state index in [1.54, 1.807) is 0 Å². The summed E-state index contributed by atoms with van der Waals surface area (Å²) in [5.41, 5.74) is 2.34. The van der Waals surface area contributed by atoms with E-state index in [1.807, 2.05) is 74.5 Å². The highest BCUT2D eigenvalue weighted by Crippen LogP contribution is 2.24. The average Bonchev–Trinajstić information content (AvgIpc) is 2.49. The summed E-state index contributed by atoms with van der Waals surface area (Å²) in [6.45, 7) is 3.94. The van der Waals surface area contributed by atoms with E-state index < -0.39 is 0 Å². The Morgan fingerprint density at radius 3 is 2.00 bits per heavy atom. The average molecular weight is 269 g/mol. The van der Waals surface area contributed by atoms with Gasteiger partial charge in [-0.2, -0.15) is 0 Å². The Hall–Kier alpha value is -2.13. The van der Waals surface area contributed by atoms with E-state index in [0.29, 0.717) is 5.71 Å². The van der Waals surface area contributed by atoms with E-state index in [0.717, 1.165) is 11.1 Å². The van der Waals surface area contributed by atoms with E-state index in [4.69, 9.17) is 4.74 Å². The van der Waals surface area contributed by atoms with Gasteiger partial charge in [0.25, 0.3) is 0 Å². The molecule has 0 aliphatic heterocycles. The molecule has 1 N–H and O–H groups in total. The van der Waals surface area contributed by atoms with Crippen molar-refractivity contribution in [1.29, 1.82) is 0 Å². The summed E-state index contributed by atoms with van der Waals surface area (Å²) in [6, 6.07) is 19.4. The number of oxime groups is 1. The van der Waals surface area contributed by atoms with Gasteiger partial charge in [0.05, 0.1) is 6.10 Å². The third-order valence-electron chi connectivity index (χ3n) is 2.94. The van der Waals surface area contributed by atoms with E-state index >= 15 is 0 Å². The van der Waals surface area contributed by atoms with Gasteiger partial charge in [-0.25, -0.2) is 0 Å². The summed E-state index contributed by atoms with van der Waals surface area (Å²) < 4.78 is 5.95. The smallest absolute Gasteiger partial charge is 0.129 e. The highest BCUT2D eigenvalue weighted by atomic mass is 16.5. The summed E-state index contributed by atoms with van der Waals surface area (Å²) >= 11 is 0. The van der Waals surface area contributed by atoms with Crippen LogP contribution in [0.15, 0.2) is 65.8 Å². The first-order valence-electron chi connectivity index (χ1n) is 6.70. The number of ether oxygens (including phenoxy) is 1. The Morgan fingerprint density at radius 1 is 0.950 bits per heavy atom. The molecule has 0 spiro atoms. The van der Waals surface area contributed by atoms with Crippen LogP contribution in [-0.4, -0.2) is 17.0 Å². The minimum Gasteiger partial charge on any atom is -0.411 e. The monoisotopic (exact) mass is 269 g/mol. The van der Waals surface area contributed by atoms with Crippen molar-refractivity contribution in [3.8, 4) is 0 Å². The lowest BCUT2D eigenvalue weighted by molar-refractivity contribution is 0.0446. The maximum absolute atomic E-state index is 9.43. The standard InChI is InChI=1S/C17H19NO2/c1-13(2)20-17(15-11-7-4-8-12-15)16(18-19)14-9-5-3-6-10-14/h3-13,17,19H,1-2H3/b18-16+. The van der Waals surface area contributed by atoms with Crippen LogP contribution in [0, 0.1) is 0 Å². The Balaban J connectivity index is 2.40. The van der Waals surface area contributed by atoms with Crippen molar-refractivity contribution in [1.82, 2.24) is 0 Å². The highest BCUT2D eigenvalue weighted by molar-refractivity contribution is 6.03. The maximum Gasteiger partial charge on any atom is 0.129 e. The number of rotatable bonds is 5. The quantitative estimate of drug-likeness (QED) is 0.506. The molecule has 0 bridgehead atoms. The topological polar surface area (TPSA) is 41.8 Å². The zero-order valence-corrected chi connectivity index (χ0v) is 11.7. The molecule has 0 fully saturated rings. The Labute approximate surface area is 119 Å². The normalized spacial score (nSPS) is 13.4. The molecule has 0 amide bonds. The van der Waals surface area contributed by atoms with Gasteiger partial charge in [-0.3, -0.25) is 0 Å². The van der Waals surface area contributed by atoms with Crippen molar-refractivity contribution in [2.45, 2.75) is 26.1 Å². The van der Waals surface area contributed by atoms with Gasteiger partial charge in [-0.15, -0.1) is 0 Å². The van der Waals surface area contributed by atoms with Crippen LogP contribution < -0.4 is 0 Å². The Bertz CT molecular complexity index is 550. The molecule has 0 saturated carbocycles. The summed E-state index contributed by atoms with van der Waals surface area (Å²) in [4.78, 5) is 0. The molecule has 0 aliphatic rings. The molecule has 0 heterocycles.